The van der Waals surface area contributed by atoms with Crippen LogP contribution in [0.5, 0.6) is 0 Å². The summed E-state index contributed by atoms with van der Waals surface area (Å²) in [5.41, 5.74) is 2.14. The molecule has 0 saturated heterocycles. The molecule has 1 spiro atoms. The molecule has 0 aliphatic heterocycles. The molecule has 25 heavy (non-hydrogen) atoms. The van der Waals surface area contributed by atoms with Gasteiger partial charge < -0.3 is 5.32 Å². The van der Waals surface area contributed by atoms with E-state index in [1.165, 1.54) is 44.9 Å². The van der Waals surface area contributed by atoms with Crippen LogP contribution in [0.2, 0.25) is 0 Å². The van der Waals surface area contributed by atoms with Gasteiger partial charge in [-0.25, -0.2) is 0 Å². The number of carbonyl (C=O) groups is 1. The Hall–Kier alpha value is -1.23. The Morgan fingerprint density at radius 3 is 2.80 bits per heavy atom. The Morgan fingerprint density at radius 1 is 1.32 bits per heavy atom. The monoisotopic (exact) mass is 343 g/mol. The molecule has 0 aromatic rings. The van der Waals surface area contributed by atoms with Crippen LogP contribution >= 0.6 is 0 Å². The van der Waals surface area contributed by atoms with E-state index in [0.29, 0.717) is 5.41 Å². The van der Waals surface area contributed by atoms with Crippen molar-refractivity contribution < 1.29 is 4.79 Å². The summed E-state index contributed by atoms with van der Waals surface area (Å²) in [5, 5.41) is 2.92. The second-order valence-electron chi connectivity index (χ2n) is 8.24. The maximum atomic E-state index is 11.4. The van der Waals surface area contributed by atoms with Gasteiger partial charge in [-0.2, -0.15) is 0 Å². The molecule has 1 amide bonds. The van der Waals surface area contributed by atoms with Gasteiger partial charge >= 0.3 is 0 Å². The summed E-state index contributed by atoms with van der Waals surface area (Å²) in [4.78, 5) is 11.4. The van der Waals surface area contributed by atoms with Crippen molar-refractivity contribution in [3.05, 3.63) is 12.2 Å². The van der Waals surface area contributed by atoms with Crippen molar-refractivity contribution in [1.29, 1.82) is 0 Å². The minimum absolute atomic E-state index is 0.131. The van der Waals surface area contributed by atoms with Gasteiger partial charge in [-0.3, -0.25) is 4.79 Å². The SMILES string of the molecule is C=C1C[C@@]23CCC(C)C(CCCNC(=O)C#CC)C2CC[C@@H]1C3.CC. The first kappa shape index (κ1) is 20.1. The number of allylic oxidation sites excluding steroid dienone is 1. The molecule has 1 N–H and O–H groups in total. The van der Waals surface area contributed by atoms with Gasteiger partial charge in [0.15, 0.2) is 0 Å². The molecule has 0 aromatic heterocycles. The quantitative estimate of drug-likeness (QED) is 0.416. The molecule has 0 aromatic carbocycles. The second kappa shape index (κ2) is 8.93. The summed E-state index contributed by atoms with van der Waals surface area (Å²) < 4.78 is 0. The highest BCUT2D eigenvalue weighted by molar-refractivity contribution is 5.93. The lowest BCUT2D eigenvalue weighted by molar-refractivity contribution is -0.115. The fraction of sp³-hybridized carbons (Fsp3) is 0.783. The average molecular weight is 344 g/mol. The van der Waals surface area contributed by atoms with Crippen LogP contribution in [0, 0.1) is 40.9 Å². The zero-order valence-electron chi connectivity index (χ0n) is 16.8. The van der Waals surface area contributed by atoms with Gasteiger partial charge in [0.25, 0.3) is 5.91 Å². The summed E-state index contributed by atoms with van der Waals surface area (Å²) in [5.74, 6) is 8.47. The molecule has 2 bridgehead atoms. The average Bonchev–Trinajstić information content (AvgIpc) is 2.86. The van der Waals surface area contributed by atoms with Crippen molar-refractivity contribution in [2.24, 2.45) is 29.1 Å². The van der Waals surface area contributed by atoms with Gasteiger partial charge in [0.05, 0.1) is 0 Å². The van der Waals surface area contributed by atoms with Crippen molar-refractivity contribution in [2.45, 2.75) is 79.1 Å². The van der Waals surface area contributed by atoms with Crippen LogP contribution in [0.25, 0.3) is 0 Å². The second-order valence-corrected chi connectivity index (χ2v) is 8.24. The molecule has 3 fully saturated rings. The van der Waals surface area contributed by atoms with Crippen LogP contribution in [-0.4, -0.2) is 12.5 Å². The molecule has 3 rings (SSSR count). The molecule has 2 nitrogen and oxygen atoms in total. The van der Waals surface area contributed by atoms with E-state index in [0.717, 1.165) is 36.6 Å². The largest absolute Gasteiger partial charge is 0.345 e. The Labute approximate surface area is 155 Å². The highest BCUT2D eigenvalue weighted by Gasteiger charge is 2.54. The predicted molar refractivity (Wildman–Crippen MR) is 106 cm³/mol. The summed E-state index contributed by atoms with van der Waals surface area (Å²) in [6.45, 7) is 13.3. The first-order chi connectivity index (χ1) is 12.1. The van der Waals surface area contributed by atoms with E-state index in [9.17, 15) is 4.79 Å². The third-order valence-corrected chi connectivity index (χ3v) is 7.01. The maximum Gasteiger partial charge on any atom is 0.295 e. The molecule has 3 unspecified atom stereocenters. The lowest BCUT2D eigenvalue weighted by atomic mass is 9.53. The minimum atomic E-state index is -0.131. The summed E-state index contributed by atoms with van der Waals surface area (Å²) in [6.07, 6.45) is 10.6. The van der Waals surface area contributed by atoms with Gasteiger partial charge in [-0.1, -0.05) is 38.8 Å². The van der Waals surface area contributed by atoms with E-state index in [4.69, 9.17) is 0 Å². The van der Waals surface area contributed by atoms with Crippen LogP contribution < -0.4 is 5.32 Å². The van der Waals surface area contributed by atoms with E-state index in [1.807, 2.05) is 13.8 Å². The summed E-state index contributed by atoms with van der Waals surface area (Å²) in [6, 6.07) is 0. The zero-order valence-corrected chi connectivity index (χ0v) is 16.8. The number of fused-ring (bicyclic) bond motifs is 1. The fourth-order valence-corrected chi connectivity index (χ4v) is 5.93. The van der Waals surface area contributed by atoms with Crippen LogP contribution in [0.15, 0.2) is 12.2 Å². The highest BCUT2D eigenvalue weighted by Crippen LogP contribution is 2.64. The number of amides is 1. The molecule has 5 atom stereocenters. The van der Waals surface area contributed by atoms with Crippen LogP contribution in [0.1, 0.15) is 79.1 Å². The normalized spacial score (nSPS) is 35.6. The summed E-state index contributed by atoms with van der Waals surface area (Å²) in [7, 11) is 0. The van der Waals surface area contributed by atoms with Crippen molar-refractivity contribution >= 4 is 5.91 Å². The number of nitrogens with one attached hydrogen (secondary N) is 1. The van der Waals surface area contributed by atoms with Crippen molar-refractivity contribution in [1.82, 2.24) is 5.32 Å². The highest BCUT2D eigenvalue weighted by atomic mass is 16.1. The third-order valence-electron chi connectivity index (χ3n) is 7.01. The molecule has 0 heterocycles. The smallest absolute Gasteiger partial charge is 0.295 e. The maximum absolute atomic E-state index is 11.4. The molecular formula is C23H37NO. The molecular weight excluding hydrogens is 306 g/mol. The Bertz CT molecular complexity index is 540. The minimum Gasteiger partial charge on any atom is -0.345 e. The third kappa shape index (κ3) is 4.30. The van der Waals surface area contributed by atoms with Gasteiger partial charge in [-0.15, -0.1) is 0 Å². The van der Waals surface area contributed by atoms with E-state index < -0.39 is 0 Å². The van der Waals surface area contributed by atoms with Gasteiger partial charge in [-0.05, 0) is 93.3 Å². The molecule has 3 saturated carbocycles. The Kier molecular flexibility index (Phi) is 7.17. The number of hydrogen-bond donors (Lipinski definition) is 1. The first-order valence-electron chi connectivity index (χ1n) is 10.4. The van der Waals surface area contributed by atoms with Crippen LogP contribution in [0.3, 0.4) is 0 Å². The predicted octanol–water partition coefficient (Wildman–Crippen LogP) is 5.34. The van der Waals surface area contributed by atoms with Crippen molar-refractivity contribution in [3.8, 4) is 11.8 Å². The zero-order chi connectivity index (χ0) is 18.4. The summed E-state index contributed by atoms with van der Waals surface area (Å²) >= 11 is 0. The van der Waals surface area contributed by atoms with Crippen molar-refractivity contribution in [2.75, 3.05) is 6.54 Å². The van der Waals surface area contributed by atoms with Gasteiger partial charge in [0.2, 0.25) is 0 Å². The first-order valence-corrected chi connectivity index (χ1v) is 10.4. The van der Waals surface area contributed by atoms with Crippen molar-refractivity contribution in [3.63, 3.8) is 0 Å². The lowest BCUT2D eigenvalue weighted by Crippen LogP contribution is -2.43. The van der Waals surface area contributed by atoms with E-state index >= 15 is 0 Å². The molecule has 3 aliphatic carbocycles. The van der Waals surface area contributed by atoms with Crippen LogP contribution in [-0.2, 0) is 4.79 Å². The van der Waals surface area contributed by atoms with Gasteiger partial charge in [0.1, 0.15) is 0 Å². The fourth-order valence-electron chi connectivity index (χ4n) is 5.93. The van der Waals surface area contributed by atoms with Gasteiger partial charge in [0, 0.05) is 6.54 Å². The number of rotatable bonds is 4. The standard InChI is InChI=1S/C21H31NO.C2H6/c1-4-6-20(23)22-12-5-7-18-15(2)10-11-21-13-16(3)17(14-21)8-9-19(18)21;1-2/h15,17-19H,3,5,7-14H2,1-2H3,(H,22,23);1-2H3/t15?,17-,18?,19?,21-;/m1./s1. The lowest BCUT2D eigenvalue weighted by Gasteiger charge is -2.51. The number of hydrogen-bond acceptors (Lipinski definition) is 1. The van der Waals surface area contributed by atoms with E-state index in [2.05, 4.69) is 30.7 Å². The van der Waals surface area contributed by atoms with E-state index in [1.54, 1.807) is 12.5 Å². The number of carbonyl (C=O) groups excluding carboxylic acids is 1. The Morgan fingerprint density at radius 2 is 2.08 bits per heavy atom. The van der Waals surface area contributed by atoms with Crippen LogP contribution in [0.4, 0.5) is 0 Å². The Balaban J connectivity index is 0.00000109. The molecule has 3 aliphatic rings. The molecule has 140 valence electrons. The molecule has 0 radical (unpaired) electrons. The van der Waals surface area contributed by atoms with E-state index in [-0.39, 0.29) is 5.91 Å². The topological polar surface area (TPSA) is 29.1 Å². The molecule has 2 heteroatoms.